The minimum atomic E-state index is -3.01. The van der Waals surface area contributed by atoms with Crippen molar-refractivity contribution in [2.75, 3.05) is 0 Å². The van der Waals surface area contributed by atoms with Crippen LogP contribution in [0.5, 0.6) is 0 Å². The van der Waals surface area contributed by atoms with E-state index in [2.05, 4.69) is 9.82 Å². The highest BCUT2D eigenvalue weighted by Crippen LogP contribution is 2.30. The highest BCUT2D eigenvalue weighted by Gasteiger charge is 2.26. The van der Waals surface area contributed by atoms with E-state index in [9.17, 15) is 8.78 Å². The van der Waals surface area contributed by atoms with Crippen LogP contribution in [-0.4, -0.2) is 15.3 Å². The van der Waals surface area contributed by atoms with Gasteiger partial charge in [-0.05, 0) is 6.07 Å². The van der Waals surface area contributed by atoms with Gasteiger partial charge in [0.05, 0.1) is 5.02 Å². The Labute approximate surface area is 106 Å². The Morgan fingerprint density at radius 2 is 2.22 bits per heavy atom. The molecule has 0 atom stereocenters. The summed E-state index contributed by atoms with van der Waals surface area (Å²) < 4.78 is 27.7. The zero-order valence-corrected chi connectivity index (χ0v) is 10.0. The smallest absolute Gasteiger partial charge is 0.271 e. The highest BCUT2D eigenvalue weighted by atomic mass is 35.5. The summed E-state index contributed by atoms with van der Waals surface area (Å²) in [6.07, 6.45) is 2.53. The molecule has 0 fully saturated rings. The number of nitrogens with two attached hydrogens (primary N) is 1. The number of pyridine rings is 1. The van der Waals surface area contributed by atoms with Crippen molar-refractivity contribution in [3.05, 3.63) is 34.7 Å². The first-order valence-corrected chi connectivity index (χ1v) is 5.23. The van der Waals surface area contributed by atoms with Gasteiger partial charge in [-0.1, -0.05) is 11.6 Å². The molecule has 2 aromatic rings. The molecule has 0 saturated carbocycles. The van der Waals surface area contributed by atoms with E-state index in [1.165, 1.54) is 16.8 Å². The predicted octanol–water partition coefficient (Wildman–Crippen LogP) is 2.32. The van der Waals surface area contributed by atoms with Gasteiger partial charge in [-0.25, -0.2) is 13.8 Å². The molecule has 0 spiro atoms. The van der Waals surface area contributed by atoms with Crippen LogP contribution < -0.4 is 5.90 Å². The van der Waals surface area contributed by atoms with Gasteiger partial charge in [0, 0.05) is 24.9 Å². The van der Waals surface area contributed by atoms with E-state index < -0.39 is 5.92 Å². The molecule has 2 rings (SSSR count). The third-order valence-electron chi connectivity index (χ3n) is 2.36. The van der Waals surface area contributed by atoms with Crippen molar-refractivity contribution in [3.8, 4) is 0 Å². The van der Waals surface area contributed by atoms with E-state index in [-0.39, 0.29) is 27.8 Å². The van der Waals surface area contributed by atoms with Gasteiger partial charge < -0.3 is 9.24 Å². The van der Waals surface area contributed by atoms with Crippen LogP contribution in [-0.2, 0) is 10.8 Å². The number of fused-ring (bicyclic) bond motifs is 1. The predicted molar refractivity (Wildman–Crippen MR) is 61.9 cm³/mol. The fourth-order valence-corrected chi connectivity index (χ4v) is 1.72. The number of halogens is 3. The second-order valence-electron chi connectivity index (χ2n) is 3.77. The standard InChI is InChI=1S/C10H9ClF2N4O/c1-10(12,13)5-2-6(11)9-16-7(8(14)18-15)4-17(9)3-5/h2-4,14H,15H2,1H3. The molecular weight excluding hydrogens is 266 g/mol. The number of hydrogen-bond acceptors (Lipinski definition) is 4. The van der Waals surface area contributed by atoms with Crippen LogP contribution in [0.3, 0.4) is 0 Å². The summed E-state index contributed by atoms with van der Waals surface area (Å²) in [5.41, 5.74) is 0.113. The van der Waals surface area contributed by atoms with Gasteiger partial charge in [0.1, 0.15) is 5.69 Å². The summed E-state index contributed by atoms with van der Waals surface area (Å²) in [6.45, 7) is 0.771. The zero-order chi connectivity index (χ0) is 13.5. The molecule has 0 aliphatic rings. The van der Waals surface area contributed by atoms with Gasteiger partial charge in [-0.3, -0.25) is 5.41 Å². The first-order valence-electron chi connectivity index (χ1n) is 4.85. The number of alkyl halides is 2. The second kappa shape index (κ2) is 4.18. The third kappa shape index (κ3) is 2.14. The van der Waals surface area contributed by atoms with E-state index in [1.54, 1.807) is 0 Å². The molecule has 5 nitrogen and oxygen atoms in total. The highest BCUT2D eigenvalue weighted by molar-refractivity contribution is 6.33. The summed E-state index contributed by atoms with van der Waals surface area (Å²) in [5.74, 6) is 1.45. The maximum Gasteiger partial charge on any atom is 0.271 e. The fourth-order valence-electron chi connectivity index (χ4n) is 1.47. The largest absolute Gasteiger partial charge is 0.389 e. The van der Waals surface area contributed by atoms with Crippen LogP contribution in [0.1, 0.15) is 18.2 Å². The molecule has 0 aromatic carbocycles. The van der Waals surface area contributed by atoms with Crippen LogP contribution in [0.2, 0.25) is 5.02 Å². The summed E-state index contributed by atoms with van der Waals surface area (Å²) >= 11 is 5.87. The summed E-state index contributed by atoms with van der Waals surface area (Å²) in [7, 11) is 0. The Kier molecular flexibility index (Phi) is 2.95. The molecule has 2 heterocycles. The molecule has 8 heteroatoms. The molecule has 0 amide bonds. The van der Waals surface area contributed by atoms with Crippen molar-refractivity contribution in [1.29, 1.82) is 5.41 Å². The van der Waals surface area contributed by atoms with Gasteiger partial charge in [0.15, 0.2) is 5.65 Å². The Morgan fingerprint density at radius 1 is 1.56 bits per heavy atom. The molecule has 18 heavy (non-hydrogen) atoms. The normalized spacial score (nSPS) is 11.8. The van der Waals surface area contributed by atoms with Crippen LogP contribution in [0, 0.1) is 5.41 Å². The van der Waals surface area contributed by atoms with Gasteiger partial charge in [0.2, 0.25) is 0 Å². The molecule has 0 saturated heterocycles. The van der Waals surface area contributed by atoms with Gasteiger partial charge in [-0.15, -0.1) is 0 Å². The lowest BCUT2D eigenvalue weighted by Gasteiger charge is -2.11. The molecule has 0 aliphatic carbocycles. The Balaban J connectivity index is 2.63. The second-order valence-corrected chi connectivity index (χ2v) is 4.18. The lowest BCUT2D eigenvalue weighted by atomic mass is 10.2. The first-order chi connectivity index (χ1) is 8.32. The van der Waals surface area contributed by atoms with Crippen molar-refractivity contribution in [2.24, 2.45) is 5.90 Å². The summed E-state index contributed by atoms with van der Waals surface area (Å²) in [4.78, 5) is 8.18. The Morgan fingerprint density at radius 3 is 2.78 bits per heavy atom. The van der Waals surface area contributed by atoms with Gasteiger partial charge in [0.25, 0.3) is 11.8 Å². The van der Waals surface area contributed by atoms with Gasteiger partial charge in [-0.2, -0.15) is 5.90 Å². The minimum Gasteiger partial charge on any atom is -0.389 e. The molecule has 96 valence electrons. The van der Waals surface area contributed by atoms with Crippen LogP contribution in [0.25, 0.3) is 5.65 Å². The van der Waals surface area contributed by atoms with E-state index >= 15 is 0 Å². The van der Waals surface area contributed by atoms with Crippen molar-refractivity contribution in [1.82, 2.24) is 9.38 Å². The Hall–Kier alpha value is -1.73. The molecule has 2 aromatic heterocycles. The van der Waals surface area contributed by atoms with Crippen LogP contribution in [0.4, 0.5) is 8.78 Å². The van der Waals surface area contributed by atoms with Crippen molar-refractivity contribution in [2.45, 2.75) is 12.8 Å². The van der Waals surface area contributed by atoms with E-state index in [0.29, 0.717) is 0 Å². The fraction of sp³-hybridized carbons (Fsp3) is 0.200. The summed E-state index contributed by atoms with van der Waals surface area (Å²) in [5, 5.41) is 7.40. The van der Waals surface area contributed by atoms with E-state index in [0.717, 1.165) is 13.0 Å². The van der Waals surface area contributed by atoms with Crippen molar-refractivity contribution < 1.29 is 13.6 Å². The van der Waals surface area contributed by atoms with E-state index in [4.69, 9.17) is 22.9 Å². The SMILES string of the molecule is CC(F)(F)c1cc(Cl)c2nc(C(=N)ON)cn2c1. The lowest BCUT2D eigenvalue weighted by Crippen LogP contribution is -2.10. The molecule has 0 bridgehead atoms. The molecule has 3 N–H and O–H groups in total. The lowest BCUT2D eigenvalue weighted by molar-refractivity contribution is 0.0170. The van der Waals surface area contributed by atoms with Crippen LogP contribution in [0.15, 0.2) is 18.5 Å². The Bertz CT molecular complexity index is 620. The van der Waals surface area contributed by atoms with Crippen LogP contribution >= 0.6 is 11.6 Å². The number of rotatable bonds is 2. The molecular formula is C10H9ClF2N4O. The monoisotopic (exact) mass is 274 g/mol. The average Bonchev–Trinajstić information content (AvgIpc) is 2.71. The quantitative estimate of drug-likeness (QED) is 0.501. The maximum absolute atomic E-state index is 13.2. The zero-order valence-electron chi connectivity index (χ0n) is 9.25. The minimum absolute atomic E-state index is 0.0603. The third-order valence-corrected chi connectivity index (χ3v) is 2.64. The maximum atomic E-state index is 13.2. The molecule has 0 unspecified atom stereocenters. The van der Waals surface area contributed by atoms with Crippen molar-refractivity contribution in [3.63, 3.8) is 0 Å². The number of aromatic nitrogens is 2. The average molecular weight is 275 g/mol. The first kappa shape index (κ1) is 12.7. The number of hydrogen-bond donors (Lipinski definition) is 2. The topological polar surface area (TPSA) is 76.4 Å². The molecule has 0 aliphatic heterocycles. The van der Waals surface area contributed by atoms with Crippen molar-refractivity contribution >= 4 is 23.1 Å². The van der Waals surface area contributed by atoms with Gasteiger partial charge >= 0.3 is 0 Å². The molecule has 0 radical (unpaired) electrons. The number of nitrogens with one attached hydrogen (secondary N) is 1. The van der Waals surface area contributed by atoms with E-state index in [1.807, 2.05) is 0 Å². The summed E-state index contributed by atoms with van der Waals surface area (Å²) in [6, 6.07) is 1.14. The number of imidazole rings is 1. The number of nitrogens with zero attached hydrogens (tertiary/aromatic N) is 2.